The molecular formula is C62H66F5N11O5. The molecule has 1 amide bonds. The third-order valence-corrected chi connectivity index (χ3v) is 17.9. The second-order valence-electron chi connectivity index (χ2n) is 24.0. The molecule has 0 spiro atoms. The molecule has 21 heteroatoms. The summed E-state index contributed by atoms with van der Waals surface area (Å²) in [5.41, 5.74) is 1.96. The first-order valence-corrected chi connectivity index (χ1v) is 28.6. The van der Waals surface area contributed by atoms with Crippen molar-refractivity contribution in [2.75, 3.05) is 63.9 Å². The van der Waals surface area contributed by atoms with Gasteiger partial charge < -0.3 is 40.5 Å². The summed E-state index contributed by atoms with van der Waals surface area (Å²) in [6, 6.07) is 13.8. The van der Waals surface area contributed by atoms with Crippen LogP contribution >= 0.6 is 0 Å². The van der Waals surface area contributed by atoms with Crippen molar-refractivity contribution in [3.8, 4) is 63.9 Å². The van der Waals surface area contributed by atoms with E-state index in [1.165, 1.54) is 34.9 Å². The number of carbonyl (C=O) groups is 1. The molecule has 16 nitrogen and oxygen atoms in total. The van der Waals surface area contributed by atoms with Crippen LogP contribution in [-0.4, -0.2) is 138 Å². The van der Waals surface area contributed by atoms with E-state index >= 15 is 8.78 Å². The van der Waals surface area contributed by atoms with Gasteiger partial charge in [-0.05, 0) is 155 Å². The van der Waals surface area contributed by atoms with Gasteiger partial charge in [-0.15, -0.1) is 16.6 Å². The molecule has 3 atom stereocenters. The Kier molecular flexibility index (Phi) is 14.9. The van der Waals surface area contributed by atoms with Crippen molar-refractivity contribution in [2.24, 2.45) is 23.2 Å². The van der Waals surface area contributed by atoms with Crippen LogP contribution in [0.15, 0.2) is 66.9 Å². The number of aromatic hydroxyl groups is 3. The Morgan fingerprint density at radius 3 is 2.29 bits per heavy atom. The highest BCUT2D eigenvalue weighted by Crippen LogP contribution is 2.48. The lowest BCUT2D eigenvalue weighted by Gasteiger charge is -2.41. The number of anilines is 1. The predicted octanol–water partition coefficient (Wildman–Crippen LogP) is 9.85. The number of carbonyl (C=O) groups excluding carboxylic acids is 1. The summed E-state index contributed by atoms with van der Waals surface area (Å²) < 4.78 is 80.8. The van der Waals surface area contributed by atoms with Crippen LogP contribution in [0.25, 0.3) is 50.0 Å². The van der Waals surface area contributed by atoms with Crippen molar-refractivity contribution in [2.45, 2.75) is 96.4 Å². The normalized spacial score (nSPS) is 20.1. The summed E-state index contributed by atoms with van der Waals surface area (Å²) in [7, 11) is 0. The fourth-order valence-electron chi connectivity index (χ4n) is 13.1. The molecule has 3 aromatic heterocycles. The number of halogens is 5. The van der Waals surface area contributed by atoms with Crippen molar-refractivity contribution in [1.82, 2.24) is 50.1 Å². The molecule has 5 N–H and O–H groups in total. The SMILES string of the molecule is C#Cc1c(F)ccc2cc(O)cc(-c3ncc4c(N5CC6CNC(C6)C5)nc(OCC5(CN6CCC(C7CCN(Cc8ccc(-n9c(C(=O)NC(C)C(F)(F)F)nnc9-c9cc(C(C)C)c(O)cc9O)cc8)CC7)CC6)CC5)nc4c3F)c12. The molecule has 7 aromatic rings. The standard InChI is InChI=1S/C62H66F5N11O5/c1-5-44-49(63)11-8-40-23-43(79)24-47(52(40)44)54-53(64)55-48(28-69-54)56(77-30-37-22-41(31-77)68-27-37)72-60(71-55)83-33-61(16-17-61)32-76-20-14-39(15-21-76)38-12-18-75(19-13-38)29-36-6-9-42(10-7-36)78-57(46-25-45(34(2)3)50(80)26-51(46)81)73-74-58(78)59(82)70-35(4)62(65,66)67/h1,6-11,23-26,28,34-35,37-39,41,68,79-81H,12-22,27,29-33H2,2-4H3,(H,70,82). The quantitative estimate of drug-likeness (QED) is 0.0482. The molecular weight excluding hydrogens is 1070 g/mol. The van der Waals surface area contributed by atoms with Crippen LogP contribution in [0.3, 0.4) is 0 Å². The van der Waals surface area contributed by atoms with Crippen molar-refractivity contribution < 1.29 is 46.8 Å². The van der Waals surface area contributed by atoms with Gasteiger partial charge in [0.2, 0.25) is 5.82 Å². The first kappa shape index (κ1) is 55.8. The molecule has 12 rings (SSSR count). The van der Waals surface area contributed by atoms with Gasteiger partial charge in [0.1, 0.15) is 46.1 Å². The minimum absolute atomic E-state index is 0.0175. The number of rotatable bonds is 15. The van der Waals surface area contributed by atoms with E-state index in [0.29, 0.717) is 65.3 Å². The highest BCUT2D eigenvalue weighted by atomic mass is 19.4. The second-order valence-corrected chi connectivity index (χ2v) is 24.0. The zero-order valence-electron chi connectivity index (χ0n) is 46.5. The Labute approximate surface area is 477 Å². The number of phenols is 3. The monoisotopic (exact) mass is 1140 g/mol. The summed E-state index contributed by atoms with van der Waals surface area (Å²) >= 11 is 0. The minimum atomic E-state index is -4.69. The van der Waals surface area contributed by atoms with E-state index in [9.17, 15) is 33.3 Å². The Morgan fingerprint density at radius 2 is 1.61 bits per heavy atom. The molecule has 4 saturated heterocycles. The first-order chi connectivity index (χ1) is 39.8. The average Bonchev–Trinajstić information content (AvgIpc) is 4.19. The number of likely N-dealkylation sites (tertiary alicyclic amines) is 2. The summed E-state index contributed by atoms with van der Waals surface area (Å²) in [4.78, 5) is 34.8. The number of terminal acetylenes is 1. The Bertz CT molecular complexity index is 3650. The highest BCUT2D eigenvalue weighted by molar-refractivity contribution is 6.03. The van der Waals surface area contributed by atoms with E-state index < -0.39 is 35.6 Å². The average molecular weight is 1140 g/mol. The van der Waals surface area contributed by atoms with Crippen molar-refractivity contribution in [3.05, 3.63) is 101 Å². The van der Waals surface area contributed by atoms with Crippen LogP contribution in [0.4, 0.5) is 27.8 Å². The van der Waals surface area contributed by atoms with Gasteiger partial charge in [0.15, 0.2) is 11.6 Å². The van der Waals surface area contributed by atoms with Gasteiger partial charge in [-0.2, -0.15) is 23.1 Å². The number of hydrogen-bond acceptors (Lipinski definition) is 14. The molecule has 0 radical (unpaired) electrons. The molecule has 4 aliphatic heterocycles. The van der Waals surface area contributed by atoms with E-state index in [2.05, 4.69) is 41.1 Å². The molecule has 2 bridgehead atoms. The second kappa shape index (κ2) is 22.2. The third-order valence-electron chi connectivity index (χ3n) is 17.9. The van der Waals surface area contributed by atoms with Crippen molar-refractivity contribution in [3.63, 3.8) is 0 Å². The van der Waals surface area contributed by atoms with Crippen LogP contribution in [0.5, 0.6) is 23.3 Å². The number of aromatic nitrogens is 6. The summed E-state index contributed by atoms with van der Waals surface area (Å²) in [6.07, 6.45) is 10.0. The van der Waals surface area contributed by atoms with Crippen LogP contribution in [0, 0.1) is 47.1 Å². The van der Waals surface area contributed by atoms with E-state index in [4.69, 9.17) is 21.1 Å². The third kappa shape index (κ3) is 11.2. The topological polar surface area (TPSA) is 190 Å². The number of benzene rings is 4. The van der Waals surface area contributed by atoms with E-state index in [1.54, 1.807) is 24.4 Å². The first-order valence-electron chi connectivity index (χ1n) is 28.6. The summed E-state index contributed by atoms with van der Waals surface area (Å²) in [5.74, 6) is 0.945. The van der Waals surface area contributed by atoms with Gasteiger partial charge in [0, 0.05) is 73.1 Å². The molecule has 5 aliphatic rings. The smallest absolute Gasteiger partial charge is 0.408 e. The Hall–Kier alpha value is -7.67. The van der Waals surface area contributed by atoms with E-state index in [-0.39, 0.29) is 79.7 Å². The molecule has 4 aromatic carbocycles. The van der Waals surface area contributed by atoms with Gasteiger partial charge in [-0.1, -0.05) is 38.0 Å². The fourth-order valence-corrected chi connectivity index (χ4v) is 13.1. The number of nitrogens with one attached hydrogen (secondary N) is 2. The van der Waals surface area contributed by atoms with Crippen LogP contribution in [0.2, 0.25) is 0 Å². The molecule has 5 fully saturated rings. The predicted molar refractivity (Wildman–Crippen MR) is 303 cm³/mol. The number of piperidine rings is 3. The zero-order chi connectivity index (χ0) is 58.1. The number of phenolic OH excluding ortho intramolecular Hbond substituents is 3. The maximum absolute atomic E-state index is 17.2. The molecule has 1 aliphatic carbocycles. The van der Waals surface area contributed by atoms with Crippen LogP contribution in [0.1, 0.15) is 98.9 Å². The van der Waals surface area contributed by atoms with Gasteiger partial charge in [0.25, 0.3) is 5.91 Å². The molecule has 7 heterocycles. The molecule has 1 saturated carbocycles. The number of hydrogen-bond donors (Lipinski definition) is 5. The molecule has 83 heavy (non-hydrogen) atoms. The number of ether oxygens (including phenoxy) is 1. The minimum Gasteiger partial charge on any atom is -0.508 e. The summed E-state index contributed by atoms with van der Waals surface area (Å²) in [5, 5.41) is 47.1. The number of amides is 1. The number of nitrogens with zero attached hydrogens (tertiary/aromatic N) is 9. The maximum atomic E-state index is 17.2. The lowest BCUT2D eigenvalue weighted by atomic mass is 9.78. The van der Waals surface area contributed by atoms with Gasteiger partial charge in [-0.3, -0.25) is 19.2 Å². The lowest BCUT2D eigenvalue weighted by Crippen LogP contribution is -2.43. The van der Waals surface area contributed by atoms with E-state index in [0.717, 1.165) is 103 Å². The summed E-state index contributed by atoms with van der Waals surface area (Å²) in [6.45, 7) is 12.6. The lowest BCUT2D eigenvalue weighted by molar-refractivity contribution is -0.149. The van der Waals surface area contributed by atoms with Gasteiger partial charge >= 0.3 is 12.2 Å². The Morgan fingerprint density at radius 1 is 0.892 bits per heavy atom. The van der Waals surface area contributed by atoms with Gasteiger partial charge in [-0.25, -0.2) is 8.78 Å². The van der Waals surface area contributed by atoms with Crippen molar-refractivity contribution in [1.29, 1.82) is 0 Å². The molecule has 3 unspecified atom stereocenters. The zero-order valence-corrected chi connectivity index (χ0v) is 46.5. The molecule has 434 valence electrons. The van der Waals surface area contributed by atoms with Crippen LogP contribution < -0.4 is 20.3 Å². The largest absolute Gasteiger partial charge is 0.508 e. The highest BCUT2D eigenvalue weighted by Gasteiger charge is 2.46. The Balaban J connectivity index is 0.684. The number of fused-ring (bicyclic) bond motifs is 4. The van der Waals surface area contributed by atoms with Crippen molar-refractivity contribution >= 4 is 33.4 Å². The van der Waals surface area contributed by atoms with E-state index in [1.807, 2.05) is 31.3 Å². The fraction of sp³-hybridized carbons (Fsp3) is 0.452. The number of alkyl halides is 3. The number of pyridine rings is 1. The van der Waals surface area contributed by atoms with Gasteiger partial charge in [0.05, 0.1) is 23.1 Å². The maximum Gasteiger partial charge on any atom is 0.408 e. The van der Waals surface area contributed by atoms with Crippen LogP contribution in [-0.2, 0) is 6.54 Å².